The molecule has 1 aromatic heterocycles. The average molecular weight is 331 g/mol. The first kappa shape index (κ1) is 16.3. The van der Waals surface area contributed by atoms with Gasteiger partial charge in [0.25, 0.3) is 0 Å². The molecule has 1 aliphatic heterocycles. The van der Waals surface area contributed by atoms with Crippen LogP contribution in [0.2, 0.25) is 0 Å². The fourth-order valence-corrected chi connectivity index (χ4v) is 3.44. The SMILES string of the molecule is CCn1c(=O)n(CC(=O)N2CCCCC2C(=O)O)c2ccccc21. The van der Waals surface area contributed by atoms with Crippen LogP contribution in [0, 0.1) is 0 Å². The second kappa shape index (κ2) is 6.51. The van der Waals surface area contributed by atoms with Crippen LogP contribution < -0.4 is 5.69 Å². The number of rotatable bonds is 4. The summed E-state index contributed by atoms with van der Waals surface area (Å²) in [5.41, 5.74) is 1.24. The fraction of sp³-hybridized carbons (Fsp3) is 0.471. The Morgan fingerprint density at radius 1 is 1.17 bits per heavy atom. The van der Waals surface area contributed by atoms with E-state index in [0.29, 0.717) is 25.0 Å². The number of piperidine rings is 1. The Bertz CT molecular complexity index is 836. The van der Waals surface area contributed by atoms with Crippen molar-refractivity contribution in [1.29, 1.82) is 0 Å². The Morgan fingerprint density at radius 3 is 2.46 bits per heavy atom. The van der Waals surface area contributed by atoms with Crippen LogP contribution in [-0.4, -0.2) is 43.6 Å². The molecule has 2 aromatic rings. The first-order chi connectivity index (χ1) is 11.5. The van der Waals surface area contributed by atoms with E-state index in [9.17, 15) is 19.5 Å². The third-order valence-electron chi connectivity index (χ3n) is 4.64. The first-order valence-corrected chi connectivity index (χ1v) is 8.25. The number of carboxylic acids is 1. The van der Waals surface area contributed by atoms with Gasteiger partial charge in [-0.05, 0) is 38.3 Å². The van der Waals surface area contributed by atoms with E-state index in [-0.39, 0.29) is 18.1 Å². The topological polar surface area (TPSA) is 84.5 Å². The van der Waals surface area contributed by atoms with Crippen molar-refractivity contribution < 1.29 is 14.7 Å². The smallest absolute Gasteiger partial charge is 0.329 e. The molecule has 1 saturated heterocycles. The molecule has 128 valence electrons. The summed E-state index contributed by atoms with van der Waals surface area (Å²) in [5, 5.41) is 9.33. The second-order valence-electron chi connectivity index (χ2n) is 6.04. The number of carbonyl (C=O) groups is 2. The van der Waals surface area contributed by atoms with E-state index in [4.69, 9.17) is 0 Å². The van der Waals surface area contributed by atoms with Crippen molar-refractivity contribution in [2.75, 3.05) is 6.54 Å². The van der Waals surface area contributed by atoms with Crippen LogP contribution in [0.4, 0.5) is 0 Å². The molecule has 0 aliphatic carbocycles. The molecular formula is C17H21N3O4. The van der Waals surface area contributed by atoms with Crippen molar-refractivity contribution in [3.8, 4) is 0 Å². The highest BCUT2D eigenvalue weighted by atomic mass is 16.4. The van der Waals surface area contributed by atoms with Crippen molar-refractivity contribution in [1.82, 2.24) is 14.0 Å². The quantitative estimate of drug-likeness (QED) is 0.915. The number of para-hydroxylation sites is 2. The predicted octanol–water partition coefficient (Wildman–Crippen LogP) is 1.29. The summed E-state index contributed by atoms with van der Waals surface area (Å²) >= 11 is 0. The van der Waals surface area contributed by atoms with Crippen LogP contribution in [0.1, 0.15) is 26.2 Å². The summed E-state index contributed by atoms with van der Waals surface area (Å²) in [7, 11) is 0. The van der Waals surface area contributed by atoms with Gasteiger partial charge in [0, 0.05) is 13.1 Å². The highest BCUT2D eigenvalue weighted by Crippen LogP contribution is 2.19. The van der Waals surface area contributed by atoms with E-state index in [2.05, 4.69) is 0 Å². The summed E-state index contributed by atoms with van der Waals surface area (Å²) in [6.45, 7) is 2.69. The monoisotopic (exact) mass is 331 g/mol. The molecule has 0 saturated carbocycles. The lowest BCUT2D eigenvalue weighted by atomic mass is 10.0. The molecule has 1 aliphatic rings. The number of hydrogen-bond donors (Lipinski definition) is 1. The van der Waals surface area contributed by atoms with Gasteiger partial charge in [-0.2, -0.15) is 0 Å². The number of carbonyl (C=O) groups excluding carboxylic acids is 1. The maximum Gasteiger partial charge on any atom is 0.329 e. The van der Waals surface area contributed by atoms with Gasteiger partial charge in [0.15, 0.2) is 0 Å². The third kappa shape index (κ3) is 2.70. The standard InChI is InChI=1S/C17H21N3O4/c1-2-18-12-7-3-4-8-13(12)20(17(18)24)11-15(21)19-10-6-5-9-14(19)16(22)23/h3-4,7-8,14H,2,5-6,9-11H2,1H3,(H,22,23). The van der Waals surface area contributed by atoms with Crippen LogP contribution in [-0.2, 0) is 22.7 Å². The van der Waals surface area contributed by atoms with Gasteiger partial charge in [0.1, 0.15) is 12.6 Å². The number of benzene rings is 1. The minimum Gasteiger partial charge on any atom is -0.480 e. The molecule has 2 heterocycles. The molecule has 1 aromatic carbocycles. The van der Waals surface area contributed by atoms with Crippen LogP contribution in [0.25, 0.3) is 11.0 Å². The van der Waals surface area contributed by atoms with Gasteiger partial charge >= 0.3 is 11.7 Å². The highest BCUT2D eigenvalue weighted by Gasteiger charge is 2.32. The zero-order valence-electron chi connectivity index (χ0n) is 13.6. The molecular weight excluding hydrogens is 310 g/mol. The number of amides is 1. The lowest BCUT2D eigenvalue weighted by Gasteiger charge is -2.33. The lowest BCUT2D eigenvalue weighted by Crippen LogP contribution is -2.49. The van der Waals surface area contributed by atoms with Crippen LogP contribution in [0.3, 0.4) is 0 Å². The minimum absolute atomic E-state index is 0.129. The highest BCUT2D eigenvalue weighted by molar-refractivity contribution is 5.85. The number of aryl methyl sites for hydroxylation is 1. The van der Waals surface area contributed by atoms with Crippen LogP contribution >= 0.6 is 0 Å². The summed E-state index contributed by atoms with van der Waals surface area (Å²) < 4.78 is 3.06. The molecule has 0 spiro atoms. The van der Waals surface area contributed by atoms with Gasteiger partial charge in [0.05, 0.1) is 11.0 Å². The van der Waals surface area contributed by atoms with E-state index >= 15 is 0 Å². The lowest BCUT2D eigenvalue weighted by molar-refractivity contribution is -0.152. The van der Waals surface area contributed by atoms with Crippen molar-refractivity contribution in [2.45, 2.75) is 45.3 Å². The van der Waals surface area contributed by atoms with Gasteiger partial charge in [-0.15, -0.1) is 0 Å². The van der Waals surface area contributed by atoms with Gasteiger partial charge in [-0.25, -0.2) is 9.59 Å². The van der Waals surface area contributed by atoms with E-state index in [0.717, 1.165) is 18.4 Å². The van der Waals surface area contributed by atoms with Crippen molar-refractivity contribution >= 4 is 22.9 Å². The maximum absolute atomic E-state index is 12.7. The largest absolute Gasteiger partial charge is 0.480 e. The molecule has 7 nitrogen and oxygen atoms in total. The molecule has 1 atom stereocenters. The summed E-state index contributed by atoms with van der Waals surface area (Å²) in [4.78, 5) is 38.0. The van der Waals surface area contributed by atoms with E-state index in [1.165, 1.54) is 9.47 Å². The van der Waals surface area contributed by atoms with Gasteiger partial charge < -0.3 is 10.0 Å². The van der Waals surface area contributed by atoms with Gasteiger partial charge in [-0.3, -0.25) is 13.9 Å². The fourth-order valence-electron chi connectivity index (χ4n) is 3.44. The number of aliphatic carboxylic acids is 1. The third-order valence-corrected chi connectivity index (χ3v) is 4.64. The van der Waals surface area contributed by atoms with Crippen LogP contribution in [0.15, 0.2) is 29.1 Å². The van der Waals surface area contributed by atoms with Crippen molar-refractivity contribution in [3.63, 3.8) is 0 Å². The molecule has 1 unspecified atom stereocenters. The second-order valence-corrected chi connectivity index (χ2v) is 6.04. The Labute approximate surface area is 139 Å². The first-order valence-electron chi connectivity index (χ1n) is 8.25. The Hall–Kier alpha value is -2.57. The number of imidazole rings is 1. The molecule has 1 fully saturated rings. The zero-order chi connectivity index (χ0) is 17.3. The molecule has 1 amide bonds. The Morgan fingerprint density at radius 2 is 1.83 bits per heavy atom. The normalized spacial score (nSPS) is 18.0. The summed E-state index contributed by atoms with van der Waals surface area (Å²) in [5.74, 6) is -1.30. The maximum atomic E-state index is 12.7. The number of carboxylic acid groups (broad SMARTS) is 1. The van der Waals surface area contributed by atoms with Gasteiger partial charge in [-0.1, -0.05) is 12.1 Å². The van der Waals surface area contributed by atoms with E-state index < -0.39 is 12.0 Å². The number of fused-ring (bicyclic) bond motifs is 1. The predicted molar refractivity (Wildman–Crippen MR) is 88.9 cm³/mol. The summed E-state index contributed by atoms with van der Waals surface area (Å²) in [6, 6.07) is 6.54. The van der Waals surface area contributed by atoms with Crippen molar-refractivity contribution in [2.24, 2.45) is 0 Å². The molecule has 7 heteroatoms. The Kier molecular flexibility index (Phi) is 4.42. The van der Waals surface area contributed by atoms with E-state index in [1.54, 1.807) is 10.6 Å². The molecule has 3 rings (SSSR count). The average Bonchev–Trinajstić information content (AvgIpc) is 2.86. The minimum atomic E-state index is -0.980. The zero-order valence-corrected chi connectivity index (χ0v) is 13.6. The number of likely N-dealkylation sites (tertiary alicyclic amines) is 1. The number of hydrogen-bond acceptors (Lipinski definition) is 3. The summed E-state index contributed by atoms with van der Waals surface area (Å²) in [6.07, 6.45) is 2.06. The Balaban J connectivity index is 1.95. The number of aromatic nitrogens is 2. The molecule has 0 bridgehead atoms. The van der Waals surface area contributed by atoms with Gasteiger partial charge in [0.2, 0.25) is 5.91 Å². The molecule has 1 N–H and O–H groups in total. The number of nitrogens with zero attached hydrogens (tertiary/aromatic N) is 3. The van der Waals surface area contributed by atoms with E-state index in [1.807, 2.05) is 25.1 Å². The molecule has 0 radical (unpaired) electrons. The van der Waals surface area contributed by atoms with Crippen LogP contribution in [0.5, 0.6) is 0 Å². The molecule has 24 heavy (non-hydrogen) atoms. The van der Waals surface area contributed by atoms with Crippen molar-refractivity contribution in [3.05, 3.63) is 34.7 Å².